The Labute approximate surface area is 77.5 Å². The van der Waals surface area contributed by atoms with Gasteiger partial charge in [-0.3, -0.25) is 4.79 Å². The van der Waals surface area contributed by atoms with Crippen molar-refractivity contribution >= 4 is 12.0 Å². The van der Waals surface area contributed by atoms with Crippen LogP contribution in [0.1, 0.15) is 27.2 Å². The van der Waals surface area contributed by atoms with E-state index in [1.807, 2.05) is 13.8 Å². The highest BCUT2D eigenvalue weighted by atomic mass is 16.4. The molecule has 0 saturated carbocycles. The maximum atomic E-state index is 11.0. The number of nitrogens with one attached hydrogen (secondary N) is 2. The van der Waals surface area contributed by atoms with Crippen molar-refractivity contribution < 1.29 is 14.7 Å². The van der Waals surface area contributed by atoms with Gasteiger partial charge in [0, 0.05) is 12.1 Å². The lowest BCUT2D eigenvalue weighted by Gasteiger charge is -2.14. The van der Waals surface area contributed by atoms with Gasteiger partial charge in [0.05, 0.1) is 6.42 Å². The van der Waals surface area contributed by atoms with E-state index >= 15 is 0 Å². The Bertz CT molecular complexity index is 192. The molecule has 76 valence electrons. The largest absolute Gasteiger partial charge is 0.481 e. The third-order valence-corrected chi connectivity index (χ3v) is 1.28. The fourth-order valence-electron chi connectivity index (χ4n) is 0.841. The molecule has 5 heteroatoms. The van der Waals surface area contributed by atoms with Crippen LogP contribution in [0.2, 0.25) is 0 Å². The van der Waals surface area contributed by atoms with Crippen molar-refractivity contribution in [3.05, 3.63) is 0 Å². The van der Waals surface area contributed by atoms with Gasteiger partial charge >= 0.3 is 12.0 Å². The lowest BCUT2D eigenvalue weighted by atomic mass is 10.2. The number of amides is 2. The SMILES string of the molecule is CC(C)NC(=O)NC(C)CC(=O)O. The maximum Gasteiger partial charge on any atom is 0.315 e. The number of urea groups is 1. The highest BCUT2D eigenvalue weighted by Gasteiger charge is 2.10. The predicted molar refractivity (Wildman–Crippen MR) is 48.5 cm³/mol. The molecule has 1 atom stereocenters. The van der Waals surface area contributed by atoms with E-state index in [-0.39, 0.29) is 24.5 Å². The summed E-state index contributed by atoms with van der Waals surface area (Å²) in [6.45, 7) is 5.32. The molecule has 1 unspecified atom stereocenters. The molecule has 0 radical (unpaired) electrons. The van der Waals surface area contributed by atoms with E-state index in [1.54, 1.807) is 6.92 Å². The van der Waals surface area contributed by atoms with Crippen molar-refractivity contribution in [2.75, 3.05) is 0 Å². The lowest BCUT2D eigenvalue weighted by Crippen LogP contribution is -2.44. The average Bonchev–Trinajstić information content (AvgIpc) is 1.80. The Morgan fingerprint density at radius 2 is 1.77 bits per heavy atom. The molecule has 0 aromatic rings. The van der Waals surface area contributed by atoms with E-state index in [2.05, 4.69) is 10.6 Å². The number of carboxylic acids is 1. The quantitative estimate of drug-likeness (QED) is 0.603. The van der Waals surface area contributed by atoms with Crippen molar-refractivity contribution in [3.63, 3.8) is 0 Å². The van der Waals surface area contributed by atoms with E-state index in [4.69, 9.17) is 5.11 Å². The summed E-state index contributed by atoms with van der Waals surface area (Å²) in [5.41, 5.74) is 0. The summed E-state index contributed by atoms with van der Waals surface area (Å²) in [5.74, 6) is -0.919. The van der Waals surface area contributed by atoms with Crippen LogP contribution >= 0.6 is 0 Å². The number of carboxylic acid groups (broad SMARTS) is 1. The molecule has 0 spiro atoms. The lowest BCUT2D eigenvalue weighted by molar-refractivity contribution is -0.137. The zero-order chi connectivity index (χ0) is 10.4. The highest BCUT2D eigenvalue weighted by Crippen LogP contribution is 1.89. The van der Waals surface area contributed by atoms with Crippen molar-refractivity contribution in [1.29, 1.82) is 0 Å². The predicted octanol–water partition coefficient (Wildman–Crippen LogP) is 0.557. The summed E-state index contributed by atoms with van der Waals surface area (Å²) in [5, 5.41) is 13.5. The number of hydrogen-bond acceptors (Lipinski definition) is 2. The standard InChI is InChI=1S/C8H16N2O3/c1-5(2)9-8(13)10-6(3)4-7(11)12/h5-6H,4H2,1-3H3,(H,11,12)(H2,9,10,13). The van der Waals surface area contributed by atoms with Crippen molar-refractivity contribution in [2.24, 2.45) is 0 Å². The summed E-state index contributed by atoms with van der Waals surface area (Å²) in [7, 11) is 0. The smallest absolute Gasteiger partial charge is 0.315 e. The summed E-state index contributed by atoms with van der Waals surface area (Å²) >= 11 is 0. The van der Waals surface area contributed by atoms with E-state index in [0.29, 0.717) is 0 Å². The van der Waals surface area contributed by atoms with E-state index in [1.165, 1.54) is 0 Å². The first-order chi connectivity index (χ1) is 5.91. The van der Waals surface area contributed by atoms with Gasteiger partial charge in [0.15, 0.2) is 0 Å². The van der Waals surface area contributed by atoms with Gasteiger partial charge in [-0.05, 0) is 20.8 Å². The van der Waals surface area contributed by atoms with Crippen LogP contribution in [0.5, 0.6) is 0 Å². The monoisotopic (exact) mass is 188 g/mol. The summed E-state index contributed by atoms with van der Waals surface area (Å²) < 4.78 is 0. The van der Waals surface area contributed by atoms with Gasteiger partial charge < -0.3 is 15.7 Å². The van der Waals surface area contributed by atoms with Crippen LogP contribution in [0.3, 0.4) is 0 Å². The number of hydrogen-bond donors (Lipinski definition) is 3. The minimum atomic E-state index is -0.919. The molecule has 0 aromatic carbocycles. The van der Waals surface area contributed by atoms with E-state index in [9.17, 15) is 9.59 Å². The van der Waals surface area contributed by atoms with Gasteiger partial charge in [-0.25, -0.2) is 4.79 Å². The summed E-state index contributed by atoms with van der Waals surface area (Å²) in [4.78, 5) is 21.3. The van der Waals surface area contributed by atoms with Gasteiger partial charge in [0.2, 0.25) is 0 Å². The summed E-state index contributed by atoms with van der Waals surface area (Å²) in [6.07, 6.45) is -0.0640. The van der Waals surface area contributed by atoms with Gasteiger partial charge in [-0.1, -0.05) is 0 Å². The van der Waals surface area contributed by atoms with Gasteiger partial charge in [-0.15, -0.1) is 0 Å². The molecule has 0 aliphatic rings. The molecule has 0 bridgehead atoms. The van der Waals surface area contributed by atoms with Gasteiger partial charge in [0.25, 0.3) is 0 Å². The molecule has 0 rings (SSSR count). The molecule has 0 aromatic heterocycles. The topological polar surface area (TPSA) is 78.4 Å². The second-order valence-electron chi connectivity index (χ2n) is 3.27. The molecule has 2 amide bonds. The van der Waals surface area contributed by atoms with Crippen LogP contribution in [0.25, 0.3) is 0 Å². The van der Waals surface area contributed by atoms with Crippen molar-refractivity contribution in [1.82, 2.24) is 10.6 Å². The zero-order valence-corrected chi connectivity index (χ0v) is 8.13. The van der Waals surface area contributed by atoms with Crippen molar-refractivity contribution in [3.8, 4) is 0 Å². The highest BCUT2D eigenvalue weighted by molar-refractivity contribution is 5.75. The number of rotatable bonds is 4. The Morgan fingerprint density at radius 1 is 1.23 bits per heavy atom. The van der Waals surface area contributed by atoms with Crippen LogP contribution in [0.15, 0.2) is 0 Å². The third-order valence-electron chi connectivity index (χ3n) is 1.28. The second-order valence-corrected chi connectivity index (χ2v) is 3.27. The normalized spacial score (nSPS) is 12.3. The van der Waals surface area contributed by atoms with Crippen molar-refractivity contribution in [2.45, 2.75) is 39.3 Å². The maximum absolute atomic E-state index is 11.0. The average molecular weight is 188 g/mol. The Morgan fingerprint density at radius 3 is 2.15 bits per heavy atom. The van der Waals surface area contributed by atoms with Gasteiger partial charge in [0.1, 0.15) is 0 Å². The van der Waals surface area contributed by atoms with Crippen LogP contribution in [0, 0.1) is 0 Å². The molecule has 13 heavy (non-hydrogen) atoms. The molecular formula is C8H16N2O3. The summed E-state index contributed by atoms with van der Waals surface area (Å²) in [6, 6.07) is -0.628. The molecule has 5 nitrogen and oxygen atoms in total. The third kappa shape index (κ3) is 7.11. The Kier molecular flexibility index (Phi) is 4.87. The number of aliphatic carboxylic acids is 1. The molecular weight excluding hydrogens is 172 g/mol. The molecule has 3 N–H and O–H groups in total. The van der Waals surface area contributed by atoms with Gasteiger partial charge in [-0.2, -0.15) is 0 Å². The fourth-order valence-corrected chi connectivity index (χ4v) is 0.841. The van der Waals surface area contributed by atoms with E-state index in [0.717, 1.165) is 0 Å². The molecule has 0 aliphatic carbocycles. The number of carbonyl (C=O) groups excluding carboxylic acids is 1. The second kappa shape index (κ2) is 5.40. The zero-order valence-electron chi connectivity index (χ0n) is 8.13. The Hall–Kier alpha value is -1.26. The number of carbonyl (C=O) groups is 2. The van der Waals surface area contributed by atoms with Crippen LogP contribution in [-0.2, 0) is 4.79 Å². The van der Waals surface area contributed by atoms with E-state index < -0.39 is 5.97 Å². The molecule has 0 aliphatic heterocycles. The Balaban J connectivity index is 3.71. The first-order valence-electron chi connectivity index (χ1n) is 4.20. The van der Waals surface area contributed by atoms with Crippen LogP contribution < -0.4 is 10.6 Å². The molecule has 0 saturated heterocycles. The minimum Gasteiger partial charge on any atom is -0.481 e. The molecule has 0 heterocycles. The fraction of sp³-hybridized carbons (Fsp3) is 0.750. The van der Waals surface area contributed by atoms with Crippen LogP contribution in [-0.4, -0.2) is 29.2 Å². The first-order valence-corrected chi connectivity index (χ1v) is 4.20. The first kappa shape index (κ1) is 11.7. The molecule has 0 fully saturated rings. The van der Waals surface area contributed by atoms with Crippen LogP contribution in [0.4, 0.5) is 4.79 Å². The minimum absolute atomic E-state index is 0.0528.